The maximum atomic E-state index is 10.9. The summed E-state index contributed by atoms with van der Waals surface area (Å²) in [6, 6.07) is 5.48. The van der Waals surface area contributed by atoms with Gasteiger partial charge in [-0.3, -0.25) is 4.79 Å². The molecule has 4 nitrogen and oxygen atoms in total. The molecular weight excluding hydrogens is 204 g/mol. The summed E-state index contributed by atoms with van der Waals surface area (Å²) in [5, 5.41) is 0. The smallest absolute Gasteiger partial charge is 0.308 e. The number of carbonyl (C=O) groups is 1. The van der Waals surface area contributed by atoms with Gasteiger partial charge in [-0.15, -0.1) is 0 Å². The predicted molar refractivity (Wildman–Crippen MR) is 65.7 cm³/mol. The second-order valence-electron chi connectivity index (χ2n) is 3.49. The number of anilines is 2. The van der Waals surface area contributed by atoms with Gasteiger partial charge >= 0.3 is 5.97 Å². The van der Waals surface area contributed by atoms with Crippen LogP contribution in [0.15, 0.2) is 18.2 Å². The van der Waals surface area contributed by atoms with Crippen LogP contribution in [0.4, 0.5) is 11.4 Å². The van der Waals surface area contributed by atoms with Crippen LogP contribution in [0.25, 0.3) is 0 Å². The van der Waals surface area contributed by atoms with Gasteiger partial charge in [0.25, 0.3) is 0 Å². The topological polar surface area (TPSA) is 55.6 Å². The highest BCUT2D eigenvalue weighted by Crippen LogP contribution is 2.27. The number of nitrogens with two attached hydrogens (primary N) is 1. The van der Waals surface area contributed by atoms with Crippen LogP contribution in [0, 0.1) is 0 Å². The van der Waals surface area contributed by atoms with Gasteiger partial charge < -0.3 is 15.4 Å². The minimum Gasteiger partial charge on any atom is -0.424 e. The Kier molecular flexibility index (Phi) is 4.17. The molecule has 0 heterocycles. The van der Waals surface area contributed by atoms with E-state index in [1.165, 1.54) is 6.92 Å². The molecule has 0 aromatic heterocycles. The summed E-state index contributed by atoms with van der Waals surface area (Å²) in [6.45, 7) is 7.32. The Bertz CT molecular complexity index is 373. The molecule has 0 spiro atoms. The Morgan fingerprint density at radius 2 is 2.00 bits per heavy atom. The zero-order valence-corrected chi connectivity index (χ0v) is 9.99. The van der Waals surface area contributed by atoms with Gasteiger partial charge in [-0.1, -0.05) is 0 Å². The number of esters is 1. The number of ether oxygens (including phenoxy) is 1. The van der Waals surface area contributed by atoms with Crippen LogP contribution in [0.3, 0.4) is 0 Å². The normalized spacial score (nSPS) is 9.94. The molecule has 1 rings (SSSR count). The van der Waals surface area contributed by atoms with Crippen LogP contribution in [0.1, 0.15) is 20.8 Å². The molecule has 1 aromatic carbocycles. The average molecular weight is 222 g/mol. The number of hydrogen-bond donors (Lipinski definition) is 1. The molecule has 2 N–H and O–H groups in total. The Labute approximate surface area is 96.0 Å². The second-order valence-corrected chi connectivity index (χ2v) is 3.49. The van der Waals surface area contributed by atoms with Crippen molar-refractivity contribution in [3.05, 3.63) is 18.2 Å². The fraction of sp³-hybridized carbons (Fsp3) is 0.417. The number of benzene rings is 1. The van der Waals surface area contributed by atoms with Crippen LogP contribution >= 0.6 is 0 Å². The Hall–Kier alpha value is -1.71. The van der Waals surface area contributed by atoms with Gasteiger partial charge in [0.15, 0.2) is 5.75 Å². The Balaban J connectivity index is 3.01. The standard InChI is InChI=1S/C12H18N2O2/c1-4-14(5-2)10-6-7-11(13)12(8-10)16-9(3)15/h6-8H,4-5,13H2,1-3H3. The van der Waals surface area contributed by atoms with Crippen molar-refractivity contribution in [3.8, 4) is 5.75 Å². The molecule has 0 aliphatic carbocycles. The summed E-state index contributed by atoms with van der Waals surface area (Å²) < 4.78 is 5.03. The lowest BCUT2D eigenvalue weighted by molar-refractivity contribution is -0.131. The maximum Gasteiger partial charge on any atom is 0.308 e. The average Bonchev–Trinajstić information content (AvgIpc) is 2.23. The Morgan fingerprint density at radius 3 is 2.50 bits per heavy atom. The van der Waals surface area contributed by atoms with Crippen molar-refractivity contribution >= 4 is 17.3 Å². The summed E-state index contributed by atoms with van der Waals surface area (Å²) >= 11 is 0. The molecule has 88 valence electrons. The van der Waals surface area contributed by atoms with E-state index in [0.717, 1.165) is 18.8 Å². The van der Waals surface area contributed by atoms with Crippen LogP contribution in [0.2, 0.25) is 0 Å². The van der Waals surface area contributed by atoms with Crippen molar-refractivity contribution in [1.29, 1.82) is 0 Å². The molecule has 0 bridgehead atoms. The lowest BCUT2D eigenvalue weighted by Crippen LogP contribution is -2.21. The Morgan fingerprint density at radius 1 is 1.38 bits per heavy atom. The third kappa shape index (κ3) is 2.89. The summed E-state index contributed by atoms with van der Waals surface area (Å²) in [4.78, 5) is 13.1. The molecule has 0 saturated carbocycles. The molecule has 0 saturated heterocycles. The number of nitrogen functional groups attached to an aromatic ring is 1. The largest absolute Gasteiger partial charge is 0.424 e. The van der Waals surface area contributed by atoms with Gasteiger partial charge in [0.2, 0.25) is 0 Å². The SMILES string of the molecule is CCN(CC)c1ccc(N)c(OC(C)=O)c1. The highest BCUT2D eigenvalue weighted by molar-refractivity contribution is 5.73. The molecule has 0 unspecified atom stereocenters. The fourth-order valence-corrected chi connectivity index (χ4v) is 1.55. The quantitative estimate of drug-likeness (QED) is 0.481. The summed E-state index contributed by atoms with van der Waals surface area (Å²) in [7, 11) is 0. The van der Waals surface area contributed by atoms with Crippen molar-refractivity contribution in [2.75, 3.05) is 23.7 Å². The van der Waals surface area contributed by atoms with E-state index in [9.17, 15) is 4.79 Å². The molecule has 0 aliphatic heterocycles. The highest BCUT2D eigenvalue weighted by atomic mass is 16.5. The lowest BCUT2D eigenvalue weighted by Gasteiger charge is -2.21. The lowest BCUT2D eigenvalue weighted by atomic mass is 10.2. The zero-order chi connectivity index (χ0) is 12.1. The summed E-state index contributed by atoms with van der Waals surface area (Å²) in [5.74, 6) is 0.0697. The van der Waals surface area contributed by atoms with Gasteiger partial charge in [0.1, 0.15) is 0 Å². The fourth-order valence-electron chi connectivity index (χ4n) is 1.55. The van der Waals surface area contributed by atoms with Gasteiger partial charge in [0, 0.05) is 31.8 Å². The predicted octanol–water partition coefficient (Wildman–Crippen LogP) is 2.04. The zero-order valence-electron chi connectivity index (χ0n) is 9.99. The molecule has 1 aromatic rings. The van der Waals surface area contributed by atoms with E-state index in [0.29, 0.717) is 11.4 Å². The third-order valence-electron chi connectivity index (χ3n) is 2.38. The number of carbonyl (C=O) groups excluding carboxylic acids is 1. The van der Waals surface area contributed by atoms with E-state index in [1.807, 2.05) is 6.07 Å². The van der Waals surface area contributed by atoms with Crippen LogP contribution in [-0.4, -0.2) is 19.1 Å². The monoisotopic (exact) mass is 222 g/mol. The van der Waals surface area contributed by atoms with Crippen molar-refractivity contribution in [2.45, 2.75) is 20.8 Å². The first-order chi connectivity index (χ1) is 7.58. The molecule has 0 amide bonds. The number of nitrogens with zero attached hydrogens (tertiary/aromatic N) is 1. The summed E-state index contributed by atoms with van der Waals surface area (Å²) in [6.07, 6.45) is 0. The summed E-state index contributed by atoms with van der Waals surface area (Å²) in [5.41, 5.74) is 7.21. The van der Waals surface area contributed by atoms with Gasteiger partial charge in [-0.2, -0.15) is 0 Å². The van der Waals surface area contributed by atoms with Crippen LogP contribution in [0.5, 0.6) is 5.75 Å². The molecule has 16 heavy (non-hydrogen) atoms. The van der Waals surface area contributed by atoms with Gasteiger partial charge in [-0.05, 0) is 26.0 Å². The van der Waals surface area contributed by atoms with E-state index in [4.69, 9.17) is 10.5 Å². The van der Waals surface area contributed by atoms with E-state index in [-0.39, 0.29) is 5.97 Å². The third-order valence-corrected chi connectivity index (χ3v) is 2.38. The minimum atomic E-state index is -0.358. The maximum absolute atomic E-state index is 10.9. The molecule has 0 atom stereocenters. The van der Waals surface area contributed by atoms with E-state index >= 15 is 0 Å². The minimum absolute atomic E-state index is 0.358. The van der Waals surface area contributed by atoms with Crippen molar-refractivity contribution in [2.24, 2.45) is 0 Å². The molecule has 0 aliphatic rings. The highest BCUT2D eigenvalue weighted by Gasteiger charge is 2.08. The van der Waals surface area contributed by atoms with Crippen molar-refractivity contribution < 1.29 is 9.53 Å². The first-order valence-corrected chi connectivity index (χ1v) is 5.41. The van der Waals surface area contributed by atoms with Crippen molar-refractivity contribution in [1.82, 2.24) is 0 Å². The molecule has 0 fully saturated rings. The molecule has 0 radical (unpaired) electrons. The van der Waals surface area contributed by atoms with E-state index in [1.54, 1.807) is 12.1 Å². The van der Waals surface area contributed by atoms with Crippen LogP contribution < -0.4 is 15.4 Å². The van der Waals surface area contributed by atoms with Crippen LogP contribution in [-0.2, 0) is 4.79 Å². The number of hydrogen-bond acceptors (Lipinski definition) is 4. The van der Waals surface area contributed by atoms with E-state index < -0.39 is 0 Å². The first kappa shape index (κ1) is 12.4. The van der Waals surface area contributed by atoms with Crippen molar-refractivity contribution in [3.63, 3.8) is 0 Å². The second kappa shape index (κ2) is 5.39. The first-order valence-electron chi connectivity index (χ1n) is 5.41. The molecule has 4 heteroatoms. The molecular formula is C12H18N2O2. The van der Waals surface area contributed by atoms with Gasteiger partial charge in [0.05, 0.1) is 5.69 Å². The van der Waals surface area contributed by atoms with Gasteiger partial charge in [-0.25, -0.2) is 0 Å². The number of rotatable bonds is 4. The van der Waals surface area contributed by atoms with E-state index in [2.05, 4.69) is 18.7 Å².